The molecular weight excluding hydrogens is 1710 g/mol. The fourth-order valence-electron chi connectivity index (χ4n) is 10.2. The number of methoxy groups -OCH3 is 2. The molecule has 41 heteroatoms. The second-order valence-corrected chi connectivity index (χ2v) is 33.5. The van der Waals surface area contributed by atoms with Gasteiger partial charge in [0.05, 0.1) is 62.6 Å². The third-order valence-electron chi connectivity index (χ3n) is 16.0. The van der Waals surface area contributed by atoms with Crippen LogP contribution in [0.4, 0.5) is 34.1 Å². The Bertz CT molecular complexity index is 5590. The zero-order valence-corrected chi connectivity index (χ0v) is 82.4. The van der Waals surface area contributed by atoms with Gasteiger partial charge in [0, 0.05) is 75.6 Å². The van der Waals surface area contributed by atoms with Crippen LogP contribution in [0.25, 0.3) is 21.5 Å². The van der Waals surface area contributed by atoms with E-state index in [-0.39, 0.29) is 156 Å². The minimum atomic E-state index is -5.06. The molecule has 1 amide bonds. The summed E-state index contributed by atoms with van der Waals surface area (Å²) in [6, 6.07) is 39.8. The summed E-state index contributed by atoms with van der Waals surface area (Å²) >= 11 is 6.52. The number of allylic oxidation sites excluding steroid dienone is 1. The number of aromatic nitrogens is 6. The van der Waals surface area contributed by atoms with Gasteiger partial charge in [-0.1, -0.05) is 155 Å². The zero-order valence-electron chi connectivity index (χ0n) is 67.9. The van der Waals surface area contributed by atoms with Crippen LogP contribution in [0.3, 0.4) is 0 Å². The van der Waals surface area contributed by atoms with Gasteiger partial charge in [0.1, 0.15) is 49.1 Å². The van der Waals surface area contributed by atoms with Crippen molar-refractivity contribution >= 4 is 150 Å². The van der Waals surface area contributed by atoms with Crippen molar-refractivity contribution in [3.05, 3.63) is 197 Å². The monoisotopic (exact) mass is 1790 g/mol. The first-order valence-electron chi connectivity index (χ1n) is 35.4. The van der Waals surface area contributed by atoms with E-state index in [1.54, 1.807) is 110 Å². The van der Waals surface area contributed by atoms with Crippen molar-refractivity contribution in [2.75, 3.05) is 42.5 Å². The molecule has 10 aromatic rings. The average Bonchev–Trinajstić information content (AvgIpc) is 0.760. The van der Waals surface area contributed by atoms with Crippen molar-refractivity contribution in [1.29, 1.82) is 0 Å². The van der Waals surface area contributed by atoms with Crippen LogP contribution in [-0.4, -0.2) is 130 Å². The number of benzene rings is 8. The van der Waals surface area contributed by atoms with Crippen LogP contribution in [0.15, 0.2) is 217 Å². The quantitative estimate of drug-likeness (QED) is 0.00666. The number of anilines is 1. The molecule has 0 fully saturated rings. The number of para-hydroxylation sites is 1. The maximum atomic E-state index is 12.3. The number of fused-ring (bicyclic) bond motifs is 2. The molecule has 8 aromatic carbocycles. The van der Waals surface area contributed by atoms with E-state index in [4.69, 9.17) is 42.0 Å². The topological polar surface area (TPSA) is 442 Å². The van der Waals surface area contributed by atoms with E-state index in [9.17, 15) is 48.8 Å². The first kappa shape index (κ1) is 107. The molecule has 10 rings (SSSR count). The molecule has 2 aromatic heterocycles. The van der Waals surface area contributed by atoms with Crippen molar-refractivity contribution in [3.63, 3.8) is 0 Å². The average molecular weight is 1800 g/mol. The van der Waals surface area contributed by atoms with Gasteiger partial charge in [0.25, 0.3) is 5.91 Å². The maximum Gasteiger partial charge on any atom is 1.00 e. The molecule has 2 heterocycles. The number of hydrogen-bond donors (Lipinski definition) is 2. The van der Waals surface area contributed by atoms with E-state index >= 15 is 0 Å². The Kier molecular flexibility index (Phi) is 48.3. The minimum absolute atomic E-state index is 0. The third kappa shape index (κ3) is 35.0. The molecule has 0 saturated heterocycles. The Morgan fingerprint density at radius 3 is 1.45 bits per heavy atom. The number of nitrogens with zero attached hydrogens (tertiary/aromatic N) is 12. The van der Waals surface area contributed by atoms with Gasteiger partial charge in [-0.05, 0) is 130 Å². The molecule has 0 radical (unpaired) electrons. The number of aryl methyl sites for hydroxylation is 3. The number of carbonyl (C=O) groups excluding carboxylic acids is 1. The fourth-order valence-corrected chi connectivity index (χ4v) is 16.1. The van der Waals surface area contributed by atoms with Gasteiger partial charge in [-0.25, -0.2) is 36.8 Å². The molecule has 0 saturated carbocycles. The summed E-state index contributed by atoms with van der Waals surface area (Å²) in [5.74, 6) is 5.45. The number of thioether (sulfide) groups is 4. The molecule has 2 N–H and O–H groups in total. The number of aliphatic hydroxyl groups excluding tert-OH is 1. The van der Waals surface area contributed by atoms with E-state index < -0.39 is 56.7 Å². The van der Waals surface area contributed by atoms with Crippen LogP contribution in [0.2, 0.25) is 0 Å². The predicted molar refractivity (Wildman–Crippen MR) is 438 cm³/mol. The Morgan fingerprint density at radius 1 is 0.492 bits per heavy atom. The van der Waals surface area contributed by atoms with Crippen LogP contribution >= 0.6 is 47.0 Å². The van der Waals surface area contributed by atoms with E-state index in [0.717, 1.165) is 119 Å². The Morgan fingerprint density at radius 2 is 0.958 bits per heavy atom. The first-order valence-corrected chi connectivity index (χ1v) is 44.6. The number of amides is 1. The predicted octanol–water partition coefficient (Wildman–Crippen LogP) is 6.30. The van der Waals surface area contributed by atoms with Gasteiger partial charge in [0.2, 0.25) is 0 Å². The summed E-state index contributed by atoms with van der Waals surface area (Å²) in [5.41, 5.74) is 6.79. The largest absolute Gasteiger partial charge is 1.00 e. The number of ether oxygens (including phenoxy) is 2. The molecular formula is C77H83N13Na4O16S8. The molecule has 0 aliphatic heterocycles. The van der Waals surface area contributed by atoms with Crippen LogP contribution in [-0.2, 0) is 58.6 Å². The number of aliphatic hydroxyl groups is 1. The second kappa shape index (κ2) is 53.5. The van der Waals surface area contributed by atoms with Crippen molar-refractivity contribution < 1.29 is 189 Å². The van der Waals surface area contributed by atoms with E-state index in [1.807, 2.05) is 62.4 Å². The standard InChI is InChI=1S/C30H35N5O7S4.C29H32N5O4S3.C18H19N3O2.4Na.O3S/c1-5-7-12-43-29-31-28(32-30(33-29)44-13-8-6-2)15-20-14-19(3)24(18-25(20)42-4)35-34-21-16-23-22(27(17-21)46(39,40)41)10-9-11-26(23)45(36,37)38;1-4-6-15-39-28-30-27(31-29(32-28)40-16-7-5-2)17-21-12-14-23(19-25(21)38-3)34-33-22-13-11-20-9-8-10-26(24(20)18-22)41(35,36)37;1-12-8-10-15(11-9-12)20-21-17(14(3)22)18(23)19-16-7-5-4-6-13(16)2;;;;;1-4(2)3/h9-11,14,16-18H,5-8,12-13,15H2,1-4H3,(H,36,37,38)(H,39,40,41);9-14,18-19H,4-7,15-17H2,1-3H3,(H,35,36,37);4-11,22H,1-3H3,(H,19,23);;;;;/q;-1;;4*+1;/p-3. The summed E-state index contributed by atoms with van der Waals surface area (Å²) in [6.07, 6.45) is 9.54. The maximum absolute atomic E-state index is 12.3. The normalized spacial score (nSPS) is 11.5. The molecule has 0 aliphatic rings. The Labute approximate surface area is 795 Å². The fraction of sp³-hybridized carbons (Fsp3) is 0.312. The van der Waals surface area contributed by atoms with Crippen LogP contribution in [0, 0.1) is 26.8 Å². The molecule has 604 valence electrons. The van der Waals surface area contributed by atoms with Crippen LogP contribution < -0.4 is 133 Å². The molecule has 29 nitrogen and oxygen atoms in total. The number of carbonyl (C=O) groups is 1. The first-order chi connectivity index (χ1) is 54.3. The van der Waals surface area contributed by atoms with Gasteiger partial charge in [-0.2, -0.15) is 53.7 Å². The number of azo groups is 3. The summed E-state index contributed by atoms with van der Waals surface area (Å²) < 4.78 is 143. The van der Waals surface area contributed by atoms with Crippen molar-refractivity contribution in [1.82, 2.24) is 29.9 Å². The van der Waals surface area contributed by atoms with E-state index in [0.29, 0.717) is 85.7 Å². The van der Waals surface area contributed by atoms with Gasteiger partial charge in [-0.3, -0.25) is 13.2 Å². The molecule has 0 spiro atoms. The number of rotatable bonds is 33. The number of nitrogens with one attached hydrogen (secondary N) is 1. The van der Waals surface area contributed by atoms with Gasteiger partial charge >= 0.3 is 129 Å². The summed E-state index contributed by atoms with van der Waals surface area (Å²) in [6.45, 7) is 15.7. The van der Waals surface area contributed by atoms with Crippen LogP contribution in [0.5, 0.6) is 11.5 Å². The van der Waals surface area contributed by atoms with Gasteiger partial charge in [-0.15, -0.1) is 34.6 Å². The molecule has 0 atom stereocenters. The van der Waals surface area contributed by atoms with Crippen molar-refractivity contribution in [2.24, 2.45) is 30.7 Å². The van der Waals surface area contributed by atoms with E-state index in [1.165, 1.54) is 44.4 Å². The summed E-state index contributed by atoms with van der Waals surface area (Å²) in [4.78, 5) is 38.7. The zero-order chi connectivity index (χ0) is 83.1. The van der Waals surface area contributed by atoms with Crippen molar-refractivity contribution in [2.45, 2.75) is 155 Å². The smallest absolute Gasteiger partial charge is 0.754 e. The van der Waals surface area contributed by atoms with Gasteiger partial charge < -0.3 is 33.6 Å². The summed E-state index contributed by atoms with van der Waals surface area (Å²) in [7, 11) is -14.7. The SMILES string of the molecule is CC(O)=C(N=Nc1ccc(C)cc1)C(=O)Nc1ccccc1C.CCCCSc1nc(Cc2cc(C)c(N=Nc3cc(S(=O)(=O)[O-])c4cccc(S(=O)(=O)[O-])c4c3)cc2OC)nc(SCCCC)n1.CCCCSc1nc(Cc2ccc(N=Nc3ccc4c[c-]cc(S(=O)(=O)[O-])c4c3)cc2OC)nc(SCCCC)n1.O=S(=O)=O.[Na+].[Na+].[Na+].[Na+]. The summed E-state index contributed by atoms with van der Waals surface area (Å²) in [5, 5.41) is 40.5. The second-order valence-electron chi connectivity index (χ2n) is 24.8. The third-order valence-corrected chi connectivity index (χ3v) is 22.4. The minimum Gasteiger partial charge on any atom is -0.754 e. The van der Waals surface area contributed by atoms with Crippen LogP contribution in [0.1, 0.15) is 125 Å². The molecule has 0 aliphatic carbocycles. The number of unbranched alkanes of at least 4 members (excludes halogenated alkanes) is 4. The van der Waals surface area contributed by atoms with Gasteiger partial charge in [0.15, 0.2) is 26.3 Å². The molecule has 0 unspecified atom stereocenters. The number of hydrogen-bond acceptors (Lipinski definition) is 32. The van der Waals surface area contributed by atoms with E-state index in [2.05, 4.69) is 79.7 Å². The van der Waals surface area contributed by atoms with Crippen molar-refractivity contribution in [3.8, 4) is 11.5 Å². The molecule has 0 bridgehead atoms. The Hall–Kier alpha value is -5.54. The Balaban J connectivity index is 0.000000459. The molecule has 118 heavy (non-hydrogen) atoms.